The van der Waals surface area contributed by atoms with Crippen LogP contribution in [0.2, 0.25) is 0 Å². The highest BCUT2D eigenvalue weighted by atomic mass is 32.1. The normalized spacial score (nSPS) is 11.1. The fraction of sp³-hybridized carbons (Fsp3) is 0.250. The molecule has 0 fully saturated rings. The predicted molar refractivity (Wildman–Crippen MR) is 84.8 cm³/mol. The summed E-state index contributed by atoms with van der Waals surface area (Å²) in [6, 6.07) is 10.3. The van der Waals surface area contributed by atoms with Gasteiger partial charge in [0.1, 0.15) is 5.01 Å². The van der Waals surface area contributed by atoms with Crippen LogP contribution in [0.1, 0.15) is 19.0 Å². The van der Waals surface area contributed by atoms with Crippen LogP contribution in [-0.4, -0.2) is 16.5 Å². The number of aromatic nitrogens is 2. The molecule has 1 N–H and O–H groups in total. The molecule has 3 rings (SSSR count). The first-order chi connectivity index (χ1) is 9.88. The summed E-state index contributed by atoms with van der Waals surface area (Å²) >= 11 is 1.68. The summed E-state index contributed by atoms with van der Waals surface area (Å²) < 4.78 is 0. The Morgan fingerprint density at radius 3 is 3.00 bits per heavy atom. The number of benzene rings is 1. The van der Waals surface area contributed by atoms with Gasteiger partial charge in [0.05, 0.1) is 11.2 Å². The van der Waals surface area contributed by atoms with E-state index >= 15 is 0 Å². The molecule has 0 aliphatic carbocycles. The van der Waals surface area contributed by atoms with Gasteiger partial charge in [-0.2, -0.15) is 0 Å². The second-order valence-corrected chi connectivity index (χ2v) is 5.56. The molecule has 0 radical (unpaired) electrons. The molecular weight excluding hydrogens is 266 g/mol. The van der Waals surface area contributed by atoms with Crippen molar-refractivity contribution in [3.05, 3.63) is 47.6 Å². The lowest BCUT2D eigenvalue weighted by Gasteiger charge is -2.02. The van der Waals surface area contributed by atoms with Crippen molar-refractivity contribution in [1.29, 1.82) is 0 Å². The average molecular weight is 283 g/mol. The summed E-state index contributed by atoms with van der Waals surface area (Å²) in [5.74, 6) is 0. The van der Waals surface area contributed by atoms with Gasteiger partial charge in [-0.1, -0.05) is 25.1 Å². The highest BCUT2D eigenvalue weighted by Gasteiger charge is 2.08. The summed E-state index contributed by atoms with van der Waals surface area (Å²) in [6.45, 7) is 4.03. The molecule has 0 unspecified atom stereocenters. The molecule has 0 spiro atoms. The van der Waals surface area contributed by atoms with Gasteiger partial charge in [0.25, 0.3) is 0 Å². The fourth-order valence-electron chi connectivity index (χ4n) is 2.18. The Morgan fingerprint density at radius 1 is 1.20 bits per heavy atom. The SMILES string of the molecule is CCCNCc1csc(-c2cccc3cccnc23)n1. The van der Waals surface area contributed by atoms with Crippen LogP contribution < -0.4 is 5.32 Å². The van der Waals surface area contributed by atoms with Crippen LogP contribution in [0, 0.1) is 0 Å². The van der Waals surface area contributed by atoms with Gasteiger partial charge in [-0.05, 0) is 25.1 Å². The van der Waals surface area contributed by atoms with E-state index in [4.69, 9.17) is 4.98 Å². The van der Waals surface area contributed by atoms with Crippen LogP contribution in [0.25, 0.3) is 21.5 Å². The number of hydrogen-bond donors (Lipinski definition) is 1. The maximum Gasteiger partial charge on any atom is 0.125 e. The van der Waals surface area contributed by atoms with Crippen molar-refractivity contribution in [3.63, 3.8) is 0 Å². The third kappa shape index (κ3) is 2.71. The van der Waals surface area contributed by atoms with Gasteiger partial charge < -0.3 is 5.32 Å². The summed E-state index contributed by atoms with van der Waals surface area (Å²) in [6.07, 6.45) is 2.98. The van der Waals surface area contributed by atoms with E-state index in [1.807, 2.05) is 12.3 Å². The van der Waals surface area contributed by atoms with Gasteiger partial charge in [0, 0.05) is 29.1 Å². The summed E-state index contributed by atoms with van der Waals surface area (Å²) in [5, 5.41) is 7.71. The summed E-state index contributed by atoms with van der Waals surface area (Å²) in [4.78, 5) is 9.21. The molecule has 2 heterocycles. The number of pyridine rings is 1. The van der Waals surface area contributed by atoms with E-state index in [9.17, 15) is 0 Å². The van der Waals surface area contributed by atoms with Gasteiger partial charge in [-0.25, -0.2) is 4.98 Å². The molecule has 0 saturated carbocycles. The topological polar surface area (TPSA) is 37.8 Å². The standard InChI is InChI=1S/C16H17N3S/c1-2-8-17-10-13-11-20-16(19-13)14-7-3-5-12-6-4-9-18-15(12)14/h3-7,9,11,17H,2,8,10H2,1H3. The van der Waals surface area contributed by atoms with Gasteiger partial charge in [-0.3, -0.25) is 4.98 Å². The lowest BCUT2D eigenvalue weighted by atomic mass is 10.1. The minimum Gasteiger partial charge on any atom is -0.311 e. The Hall–Kier alpha value is -1.78. The van der Waals surface area contributed by atoms with Gasteiger partial charge in [0.15, 0.2) is 0 Å². The number of nitrogens with one attached hydrogen (secondary N) is 1. The Labute approximate surface area is 122 Å². The summed E-state index contributed by atoms with van der Waals surface area (Å²) in [5.41, 5.74) is 3.25. The molecule has 0 amide bonds. The first-order valence-electron chi connectivity index (χ1n) is 6.87. The van der Waals surface area contributed by atoms with Crippen molar-refractivity contribution in [2.45, 2.75) is 19.9 Å². The van der Waals surface area contributed by atoms with Crippen LogP contribution in [-0.2, 0) is 6.54 Å². The van der Waals surface area contributed by atoms with Crippen LogP contribution in [0.3, 0.4) is 0 Å². The van der Waals surface area contributed by atoms with Crippen molar-refractivity contribution < 1.29 is 0 Å². The monoisotopic (exact) mass is 283 g/mol. The molecule has 0 saturated heterocycles. The number of hydrogen-bond acceptors (Lipinski definition) is 4. The van der Waals surface area contributed by atoms with Crippen molar-refractivity contribution in [3.8, 4) is 10.6 Å². The largest absolute Gasteiger partial charge is 0.311 e. The van der Waals surface area contributed by atoms with Crippen molar-refractivity contribution >= 4 is 22.2 Å². The molecule has 0 aliphatic rings. The Balaban J connectivity index is 1.91. The van der Waals surface area contributed by atoms with Gasteiger partial charge in [0.2, 0.25) is 0 Å². The van der Waals surface area contributed by atoms with E-state index in [0.29, 0.717) is 0 Å². The van der Waals surface area contributed by atoms with E-state index in [0.717, 1.165) is 46.7 Å². The van der Waals surface area contributed by atoms with Gasteiger partial charge in [-0.15, -0.1) is 11.3 Å². The molecule has 20 heavy (non-hydrogen) atoms. The van der Waals surface area contributed by atoms with Crippen LogP contribution in [0.5, 0.6) is 0 Å². The first kappa shape index (κ1) is 13.2. The Morgan fingerprint density at radius 2 is 2.10 bits per heavy atom. The van der Waals surface area contributed by atoms with E-state index in [-0.39, 0.29) is 0 Å². The molecule has 1 aromatic carbocycles. The average Bonchev–Trinajstić information content (AvgIpc) is 2.96. The zero-order chi connectivity index (χ0) is 13.8. The zero-order valence-electron chi connectivity index (χ0n) is 11.5. The predicted octanol–water partition coefficient (Wildman–Crippen LogP) is 3.86. The van der Waals surface area contributed by atoms with Crippen molar-refractivity contribution in [2.24, 2.45) is 0 Å². The molecular formula is C16H17N3S. The van der Waals surface area contributed by atoms with E-state index < -0.39 is 0 Å². The van der Waals surface area contributed by atoms with E-state index in [1.54, 1.807) is 11.3 Å². The Bertz CT molecular complexity index is 700. The maximum absolute atomic E-state index is 4.72. The third-order valence-electron chi connectivity index (χ3n) is 3.15. The molecule has 102 valence electrons. The highest BCUT2D eigenvalue weighted by molar-refractivity contribution is 7.13. The number of para-hydroxylation sites is 1. The van der Waals surface area contributed by atoms with Crippen LogP contribution in [0.4, 0.5) is 0 Å². The van der Waals surface area contributed by atoms with E-state index in [2.05, 4.69) is 46.9 Å². The second kappa shape index (κ2) is 6.11. The number of rotatable bonds is 5. The smallest absolute Gasteiger partial charge is 0.125 e. The Kier molecular flexibility index (Phi) is 4.04. The molecule has 2 aromatic heterocycles. The molecule has 4 heteroatoms. The zero-order valence-corrected chi connectivity index (χ0v) is 12.3. The van der Waals surface area contributed by atoms with Crippen LogP contribution >= 0.6 is 11.3 Å². The minimum atomic E-state index is 0.836. The fourth-order valence-corrected chi connectivity index (χ4v) is 3.03. The highest BCUT2D eigenvalue weighted by Crippen LogP contribution is 2.29. The molecule has 3 nitrogen and oxygen atoms in total. The summed E-state index contributed by atoms with van der Waals surface area (Å²) in [7, 11) is 0. The number of fused-ring (bicyclic) bond motifs is 1. The molecule has 0 atom stereocenters. The molecule has 0 aliphatic heterocycles. The molecule has 0 bridgehead atoms. The van der Waals surface area contributed by atoms with Gasteiger partial charge >= 0.3 is 0 Å². The van der Waals surface area contributed by atoms with Crippen molar-refractivity contribution in [2.75, 3.05) is 6.54 Å². The minimum absolute atomic E-state index is 0.836. The lowest BCUT2D eigenvalue weighted by molar-refractivity contribution is 0.667. The van der Waals surface area contributed by atoms with Crippen LogP contribution in [0.15, 0.2) is 41.9 Å². The molecule has 3 aromatic rings. The number of nitrogens with zero attached hydrogens (tertiary/aromatic N) is 2. The quantitative estimate of drug-likeness (QED) is 0.723. The first-order valence-corrected chi connectivity index (χ1v) is 7.75. The lowest BCUT2D eigenvalue weighted by Crippen LogP contribution is -2.13. The maximum atomic E-state index is 4.72. The third-order valence-corrected chi connectivity index (χ3v) is 4.07. The second-order valence-electron chi connectivity index (χ2n) is 4.70. The van der Waals surface area contributed by atoms with Crippen molar-refractivity contribution in [1.82, 2.24) is 15.3 Å². The van der Waals surface area contributed by atoms with E-state index in [1.165, 1.54) is 0 Å². The number of thiazole rings is 1.